The van der Waals surface area contributed by atoms with Crippen molar-refractivity contribution in [2.75, 3.05) is 0 Å². The van der Waals surface area contributed by atoms with Gasteiger partial charge in [-0.1, -0.05) is 23.2 Å². The van der Waals surface area contributed by atoms with Gasteiger partial charge in [0.05, 0.1) is 9.30 Å². The quantitative estimate of drug-likeness (QED) is 0.578. The van der Waals surface area contributed by atoms with Gasteiger partial charge in [-0.3, -0.25) is 0 Å². The molecule has 0 aliphatic carbocycles. The highest BCUT2D eigenvalue weighted by atomic mass is 79.9. The molecule has 0 N–H and O–H groups in total. The highest BCUT2D eigenvalue weighted by Crippen LogP contribution is 2.30. The van der Waals surface area contributed by atoms with Crippen LogP contribution in [0.5, 0.6) is 0 Å². The van der Waals surface area contributed by atoms with E-state index in [1.165, 1.54) is 0 Å². The van der Waals surface area contributed by atoms with Gasteiger partial charge in [-0.05, 0) is 41.1 Å². The van der Waals surface area contributed by atoms with Crippen LogP contribution in [-0.4, -0.2) is 9.97 Å². The molecular formula is C13H8BrClN2S. The van der Waals surface area contributed by atoms with Crippen molar-refractivity contribution in [3.8, 4) is 11.4 Å². The van der Waals surface area contributed by atoms with Crippen molar-refractivity contribution in [3.05, 3.63) is 44.1 Å². The largest absolute Gasteiger partial charge is 0.228 e. The van der Waals surface area contributed by atoms with E-state index in [4.69, 9.17) is 11.6 Å². The van der Waals surface area contributed by atoms with Crippen molar-refractivity contribution in [3.63, 3.8) is 0 Å². The third-order valence-electron chi connectivity index (χ3n) is 2.63. The second kappa shape index (κ2) is 4.61. The molecule has 3 aromatic rings. The number of aromatic nitrogens is 2. The van der Waals surface area contributed by atoms with E-state index in [9.17, 15) is 0 Å². The van der Waals surface area contributed by atoms with Crippen molar-refractivity contribution in [1.29, 1.82) is 0 Å². The summed E-state index contributed by atoms with van der Waals surface area (Å²) >= 11 is 11.3. The highest BCUT2D eigenvalue weighted by molar-refractivity contribution is 9.11. The predicted molar refractivity (Wildman–Crippen MR) is 80.3 cm³/mol. The van der Waals surface area contributed by atoms with E-state index >= 15 is 0 Å². The Morgan fingerprint density at radius 1 is 1.22 bits per heavy atom. The second-order valence-corrected chi connectivity index (χ2v) is 6.65. The maximum atomic E-state index is 6.23. The average Bonchev–Trinajstić information content (AvgIpc) is 2.77. The first kappa shape index (κ1) is 12.1. The summed E-state index contributed by atoms with van der Waals surface area (Å²) in [5.41, 5.74) is 3.01. The normalized spacial score (nSPS) is 11.1. The molecule has 2 aromatic heterocycles. The van der Waals surface area contributed by atoms with Crippen LogP contribution in [-0.2, 0) is 0 Å². The Balaban J connectivity index is 2.24. The molecule has 0 aliphatic heterocycles. The lowest BCUT2D eigenvalue weighted by Gasteiger charge is -2.03. The Bertz CT molecular complexity index is 739. The van der Waals surface area contributed by atoms with Gasteiger partial charge in [0.15, 0.2) is 5.82 Å². The number of rotatable bonds is 1. The molecule has 0 radical (unpaired) electrons. The zero-order chi connectivity index (χ0) is 12.7. The van der Waals surface area contributed by atoms with Crippen LogP contribution in [0.25, 0.3) is 22.3 Å². The molecule has 90 valence electrons. The number of nitrogens with zero attached hydrogens (tertiary/aromatic N) is 2. The lowest BCUT2D eigenvalue weighted by molar-refractivity contribution is 1.23. The summed E-state index contributed by atoms with van der Waals surface area (Å²) in [6.07, 6.45) is 0. The number of benzene rings is 1. The Morgan fingerprint density at radius 3 is 2.78 bits per heavy atom. The summed E-state index contributed by atoms with van der Waals surface area (Å²) in [4.78, 5) is 8.92. The van der Waals surface area contributed by atoms with E-state index in [-0.39, 0.29) is 0 Å². The average molecular weight is 340 g/mol. The lowest BCUT2D eigenvalue weighted by Crippen LogP contribution is -1.91. The van der Waals surface area contributed by atoms with Crippen LogP contribution in [0.4, 0.5) is 0 Å². The van der Waals surface area contributed by atoms with Crippen LogP contribution in [0, 0.1) is 6.92 Å². The van der Waals surface area contributed by atoms with Crippen LogP contribution >= 0.6 is 38.9 Å². The first-order valence-corrected chi connectivity index (χ1v) is 7.37. The number of thiophene rings is 1. The molecule has 18 heavy (non-hydrogen) atoms. The number of aryl methyl sites for hydroxylation is 1. The summed E-state index contributed by atoms with van der Waals surface area (Å²) in [6, 6.07) is 8.00. The third kappa shape index (κ3) is 2.16. The first-order valence-electron chi connectivity index (χ1n) is 5.32. The highest BCUT2D eigenvalue weighted by Gasteiger charge is 2.09. The molecule has 0 saturated heterocycles. The van der Waals surface area contributed by atoms with Crippen LogP contribution in [0.1, 0.15) is 5.56 Å². The zero-order valence-corrected chi connectivity index (χ0v) is 12.6. The fourth-order valence-corrected chi connectivity index (χ4v) is 3.13. The minimum absolute atomic E-state index is 0.501. The van der Waals surface area contributed by atoms with Crippen molar-refractivity contribution in [1.82, 2.24) is 9.97 Å². The van der Waals surface area contributed by atoms with E-state index in [1.807, 2.05) is 36.6 Å². The van der Waals surface area contributed by atoms with Crippen molar-refractivity contribution < 1.29 is 0 Å². The topological polar surface area (TPSA) is 25.8 Å². The molecule has 0 bridgehead atoms. The predicted octanol–water partition coefficient (Wildman–Crippen LogP) is 5.08. The third-order valence-corrected chi connectivity index (χ3v) is 4.42. The van der Waals surface area contributed by atoms with E-state index in [0.29, 0.717) is 11.0 Å². The van der Waals surface area contributed by atoms with Gasteiger partial charge >= 0.3 is 0 Å². The smallest absolute Gasteiger partial charge is 0.162 e. The van der Waals surface area contributed by atoms with E-state index in [2.05, 4.69) is 25.9 Å². The SMILES string of the molecule is Cc1ccc2nc(-c3csc(Br)c3)nc(Cl)c2c1. The van der Waals surface area contributed by atoms with Crippen LogP contribution in [0.3, 0.4) is 0 Å². The molecule has 3 rings (SSSR count). The molecule has 2 nitrogen and oxygen atoms in total. The van der Waals surface area contributed by atoms with Crippen molar-refractivity contribution in [2.24, 2.45) is 0 Å². The van der Waals surface area contributed by atoms with Gasteiger partial charge in [-0.2, -0.15) is 0 Å². The molecule has 2 heterocycles. The molecule has 0 atom stereocenters. The lowest BCUT2D eigenvalue weighted by atomic mass is 10.1. The molecule has 0 amide bonds. The number of hydrogen-bond donors (Lipinski definition) is 0. The molecule has 0 spiro atoms. The molecule has 0 aliphatic rings. The van der Waals surface area contributed by atoms with Crippen LogP contribution < -0.4 is 0 Å². The van der Waals surface area contributed by atoms with Gasteiger partial charge in [0.1, 0.15) is 5.15 Å². The van der Waals surface area contributed by atoms with Gasteiger partial charge in [0, 0.05) is 16.3 Å². The van der Waals surface area contributed by atoms with Gasteiger partial charge in [-0.15, -0.1) is 11.3 Å². The van der Waals surface area contributed by atoms with Gasteiger partial charge in [-0.25, -0.2) is 9.97 Å². The Labute approximate surface area is 122 Å². The fraction of sp³-hybridized carbons (Fsp3) is 0.0769. The molecule has 0 fully saturated rings. The number of halogens is 2. The molecular weight excluding hydrogens is 332 g/mol. The summed E-state index contributed by atoms with van der Waals surface area (Å²) in [5, 5.41) is 3.41. The number of hydrogen-bond acceptors (Lipinski definition) is 3. The monoisotopic (exact) mass is 338 g/mol. The Kier molecular flexibility index (Phi) is 3.09. The van der Waals surface area contributed by atoms with E-state index in [1.54, 1.807) is 11.3 Å². The Hall–Kier alpha value is -0.970. The minimum atomic E-state index is 0.501. The molecule has 1 aromatic carbocycles. The van der Waals surface area contributed by atoms with Gasteiger partial charge in [0.25, 0.3) is 0 Å². The summed E-state index contributed by atoms with van der Waals surface area (Å²) in [5.74, 6) is 0.665. The zero-order valence-electron chi connectivity index (χ0n) is 9.45. The number of fused-ring (bicyclic) bond motifs is 1. The summed E-state index contributed by atoms with van der Waals surface area (Å²) < 4.78 is 1.06. The van der Waals surface area contributed by atoms with E-state index < -0.39 is 0 Å². The standard InChI is InChI=1S/C13H8BrClN2S/c1-7-2-3-10-9(4-7)12(15)17-13(16-10)8-5-11(14)18-6-8/h2-6H,1H3. The fourth-order valence-electron chi connectivity index (χ4n) is 1.76. The van der Waals surface area contributed by atoms with Gasteiger partial charge in [0.2, 0.25) is 0 Å². The Morgan fingerprint density at radius 2 is 2.06 bits per heavy atom. The van der Waals surface area contributed by atoms with Crippen molar-refractivity contribution >= 4 is 49.8 Å². The van der Waals surface area contributed by atoms with Crippen LogP contribution in [0.15, 0.2) is 33.4 Å². The molecule has 0 unspecified atom stereocenters. The molecule has 5 heteroatoms. The summed E-state index contributed by atoms with van der Waals surface area (Å²) in [7, 11) is 0. The van der Waals surface area contributed by atoms with Crippen LogP contribution in [0.2, 0.25) is 5.15 Å². The maximum Gasteiger partial charge on any atom is 0.162 e. The molecule has 0 saturated carbocycles. The van der Waals surface area contributed by atoms with Gasteiger partial charge < -0.3 is 0 Å². The first-order chi connectivity index (χ1) is 8.63. The van der Waals surface area contributed by atoms with E-state index in [0.717, 1.165) is 25.8 Å². The summed E-state index contributed by atoms with van der Waals surface area (Å²) in [6.45, 7) is 2.03. The minimum Gasteiger partial charge on any atom is -0.228 e. The second-order valence-electron chi connectivity index (χ2n) is 4.00. The van der Waals surface area contributed by atoms with Crippen molar-refractivity contribution in [2.45, 2.75) is 6.92 Å². The maximum absolute atomic E-state index is 6.23.